The third-order valence-electron chi connectivity index (χ3n) is 4.14. The monoisotopic (exact) mass is 277 g/mol. The zero-order valence-electron chi connectivity index (χ0n) is 12.3. The Labute approximate surface area is 122 Å². The second kappa shape index (κ2) is 7.96. The van der Waals surface area contributed by atoms with E-state index in [4.69, 9.17) is 0 Å². The van der Waals surface area contributed by atoms with Crippen molar-refractivity contribution in [2.24, 2.45) is 0 Å². The highest BCUT2D eigenvalue weighted by Crippen LogP contribution is 2.37. The Morgan fingerprint density at radius 2 is 2.21 bits per heavy atom. The fourth-order valence-corrected chi connectivity index (χ4v) is 3.18. The largest absolute Gasteiger partial charge is 0.310 e. The van der Waals surface area contributed by atoms with Crippen LogP contribution < -0.4 is 5.32 Å². The van der Waals surface area contributed by atoms with Crippen LogP contribution in [0.25, 0.3) is 0 Å². The second-order valence-electron chi connectivity index (χ2n) is 5.59. The maximum atomic E-state index is 3.71. The Bertz CT molecular complexity index is 365. The van der Waals surface area contributed by atoms with Gasteiger partial charge in [-0.05, 0) is 61.3 Å². The number of rotatable bonds is 8. The van der Waals surface area contributed by atoms with E-state index in [2.05, 4.69) is 42.8 Å². The van der Waals surface area contributed by atoms with Gasteiger partial charge in [0.05, 0.1) is 0 Å². The molecule has 0 saturated heterocycles. The molecule has 0 bridgehead atoms. The lowest BCUT2D eigenvalue weighted by atomic mass is 9.79. The molecule has 1 unspecified atom stereocenters. The molecule has 1 fully saturated rings. The van der Waals surface area contributed by atoms with Gasteiger partial charge in [-0.3, -0.25) is 0 Å². The SMILES string of the molecule is CCCNC(CCSC)c1cccc(C2CCC2)c1. The topological polar surface area (TPSA) is 12.0 Å². The molecule has 1 aliphatic rings. The molecule has 0 aromatic heterocycles. The number of thioether (sulfide) groups is 1. The molecule has 2 heteroatoms. The molecule has 106 valence electrons. The summed E-state index contributed by atoms with van der Waals surface area (Å²) in [7, 11) is 0. The Balaban J connectivity index is 2.05. The van der Waals surface area contributed by atoms with E-state index in [1.807, 2.05) is 11.8 Å². The minimum atomic E-state index is 0.535. The van der Waals surface area contributed by atoms with Gasteiger partial charge in [0, 0.05) is 6.04 Å². The second-order valence-corrected chi connectivity index (χ2v) is 6.57. The lowest BCUT2D eigenvalue weighted by molar-refractivity contribution is 0.418. The maximum absolute atomic E-state index is 3.71. The van der Waals surface area contributed by atoms with Crippen molar-refractivity contribution in [1.82, 2.24) is 5.32 Å². The minimum absolute atomic E-state index is 0.535. The normalized spacial score (nSPS) is 17.2. The number of hydrogen-bond donors (Lipinski definition) is 1. The molecule has 1 saturated carbocycles. The van der Waals surface area contributed by atoms with Gasteiger partial charge in [-0.1, -0.05) is 37.6 Å². The van der Waals surface area contributed by atoms with E-state index in [0.29, 0.717) is 6.04 Å². The fraction of sp³-hybridized carbons (Fsp3) is 0.647. The minimum Gasteiger partial charge on any atom is -0.310 e. The lowest BCUT2D eigenvalue weighted by Crippen LogP contribution is -2.23. The van der Waals surface area contributed by atoms with Crippen LogP contribution in [0.1, 0.15) is 62.1 Å². The maximum Gasteiger partial charge on any atom is 0.0328 e. The zero-order valence-corrected chi connectivity index (χ0v) is 13.1. The van der Waals surface area contributed by atoms with Crippen LogP contribution >= 0.6 is 11.8 Å². The summed E-state index contributed by atoms with van der Waals surface area (Å²) in [6.07, 6.45) is 8.83. The van der Waals surface area contributed by atoms with Gasteiger partial charge in [0.15, 0.2) is 0 Å². The van der Waals surface area contributed by atoms with Crippen LogP contribution in [-0.4, -0.2) is 18.6 Å². The van der Waals surface area contributed by atoms with Gasteiger partial charge in [0.2, 0.25) is 0 Å². The van der Waals surface area contributed by atoms with E-state index in [0.717, 1.165) is 12.5 Å². The molecule has 0 radical (unpaired) electrons. The Morgan fingerprint density at radius 1 is 1.37 bits per heavy atom. The van der Waals surface area contributed by atoms with Crippen molar-refractivity contribution in [2.45, 2.75) is 51.0 Å². The van der Waals surface area contributed by atoms with Crippen LogP contribution in [-0.2, 0) is 0 Å². The van der Waals surface area contributed by atoms with Crippen LogP contribution in [0.4, 0.5) is 0 Å². The highest BCUT2D eigenvalue weighted by Gasteiger charge is 2.20. The summed E-state index contributed by atoms with van der Waals surface area (Å²) in [5.41, 5.74) is 3.06. The fourth-order valence-electron chi connectivity index (χ4n) is 2.71. The summed E-state index contributed by atoms with van der Waals surface area (Å²) >= 11 is 1.94. The summed E-state index contributed by atoms with van der Waals surface area (Å²) in [4.78, 5) is 0. The highest BCUT2D eigenvalue weighted by molar-refractivity contribution is 7.98. The average Bonchev–Trinajstić information content (AvgIpc) is 2.37. The van der Waals surface area contributed by atoms with E-state index in [-0.39, 0.29) is 0 Å². The average molecular weight is 277 g/mol. The van der Waals surface area contributed by atoms with Gasteiger partial charge >= 0.3 is 0 Å². The lowest BCUT2D eigenvalue weighted by Gasteiger charge is -2.27. The number of nitrogens with one attached hydrogen (secondary N) is 1. The standard InChI is InChI=1S/C17H27NS/c1-3-11-18-17(10-12-19-2)16-9-5-8-15(13-16)14-6-4-7-14/h5,8-9,13-14,17-18H,3-4,6-7,10-12H2,1-2H3. The van der Waals surface area contributed by atoms with Gasteiger partial charge in [-0.25, -0.2) is 0 Å². The van der Waals surface area contributed by atoms with Gasteiger partial charge in [-0.2, -0.15) is 11.8 Å². The molecule has 2 rings (SSSR count). The first-order chi connectivity index (χ1) is 9.35. The van der Waals surface area contributed by atoms with Crippen LogP contribution in [0.15, 0.2) is 24.3 Å². The molecule has 1 nitrogen and oxygen atoms in total. The molecule has 1 aromatic carbocycles. The molecule has 0 spiro atoms. The van der Waals surface area contributed by atoms with Crippen molar-refractivity contribution in [1.29, 1.82) is 0 Å². The molecule has 1 N–H and O–H groups in total. The molecule has 0 amide bonds. The molecule has 0 aliphatic heterocycles. The molecule has 1 aliphatic carbocycles. The van der Waals surface area contributed by atoms with Gasteiger partial charge in [-0.15, -0.1) is 0 Å². The van der Waals surface area contributed by atoms with Crippen LogP contribution in [0.3, 0.4) is 0 Å². The molecule has 1 aromatic rings. The summed E-state index contributed by atoms with van der Waals surface area (Å²) in [6.45, 7) is 3.36. The summed E-state index contributed by atoms with van der Waals surface area (Å²) in [6, 6.07) is 9.86. The van der Waals surface area contributed by atoms with Gasteiger partial charge in [0.1, 0.15) is 0 Å². The van der Waals surface area contributed by atoms with Gasteiger partial charge in [0.25, 0.3) is 0 Å². The Hall–Kier alpha value is -0.470. The highest BCUT2D eigenvalue weighted by atomic mass is 32.2. The molecular formula is C17H27NS. The number of hydrogen-bond acceptors (Lipinski definition) is 2. The Kier molecular flexibility index (Phi) is 6.25. The quantitative estimate of drug-likeness (QED) is 0.736. The van der Waals surface area contributed by atoms with Crippen molar-refractivity contribution in [3.8, 4) is 0 Å². The molecule has 1 atom stereocenters. The molecule has 19 heavy (non-hydrogen) atoms. The van der Waals surface area contributed by atoms with Gasteiger partial charge < -0.3 is 5.32 Å². The van der Waals surface area contributed by atoms with Crippen LogP contribution in [0, 0.1) is 0 Å². The van der Waals surface area contributed by atoms with Crippen LogP contribution in [0.2, 0.25) is 0 Å². The number of benzene rings is 1. The first-order valence-corrected chi connectivity index (χ1v) is 9.06. The van der Waals surface area contributed by atoms with Crippen molar-refractivity contribution >= 4 is 11.8 Å². The zero-order chi connectivity index (χ0) is 13.5. The Morgan fingerprint density at radius 3 is 2.84 bits per heavy atom. The first-order valence-electron chi connectivity index (χ1n) is 7.67. The van der Waals surface area contributed by atoms with Crippen LogP contribution in [0.5, 0.6) is 0 Å². The van der Waals surface area contributed by atoms with Crippen molar-refractivity contribution in [2.75, 3.05) is 18.6 Å². The third kappa shape index (κ3) is 4.25. The van der Waals surface area contributed by atoms with Crippen molar-refractivity contribution in [3.05, 3.63) is 35.4 Å². The van der Waals surface area contributed by atoms with E-state index >= 15 is 0 Å². The molecule has 0 heterocycles. The van der Waals surface area contributed by atoms with E-state index in [1.54, 1.807) is 5.56 Å². The molecular weight excluding hydrogens is 250 g/mol. The predicted molar refractivity (Wildman–Crippen MR) is 87.1 cm³/mol. The van der Waals surface area contributed by atoms with Crippen molar-refractivity contribution in [3.63, 3.8) is 0 Å². The van der Waals surface area contributed by atoms with Crippen molar-refractivity contribution < 1.29 is 0 Å². The third-order valence-corrected chi connectivity index (χ3v) is 4.78. The predicted octanol–water partition coefficient (Wildman–Crippen LogP) is 4.75. The summed E-state index contributed by atoms with van der Waals surface area (Å²) in [5, 5.41) is 3.71. The first kappa shape index (κ1) is 14.9. The van der Waals surface area contributed by atoms with E-state index in [1.165, 1.54) is 43.4 Å². The summed E-state index contributed by atoms with van der Waals surface area (Å²) < 4.78 is 0. The summed E-state index contributed by atoms with van der Waals surface area (Å²) in [5.74, 6) is 2.07. The van der Waals surface area contributed by atoms with E-state index in [9.17, 15) is 0 Å². The smallest absolute Gasteiger partial charge is 0.0328 e. The van der Waals surface area contributed by atoms with E-state index < -0.39 is 0 Å².